The van der Waals surface area contributed by atoms with Crippen molar-refractivity contribution in [2.24, 2.45) is 0 Å². The van der Waals surface area contributed by atoms with Crippen molar-refractivity contribution >= 4 is 23.8 Å². The molecule has 1 aromatic heterocycles. The number of aryl methyl sites for hydroxylation is 2. The number of ether oxygens (including phenoxy) is 1. The fourth-order valence-electron chi connectivity index (χ4n) is 4.80. The summed E-state index contributed by atoms with van der Waals surface area (Å²) in [5.41, 5.74) is 1.76. The molecule has 1 saturated heterocycles. The number of carbonyl (C=O) groups excluding carboxylic acids is 2. The third kappa shape index (κ3) is 8.38. The van der Waals surface area contributed by atoms with E-state index < -0.39 is 35.7 Å². The van der Waals surface area contributed by atoms with E-state index in [-0.39, 0.29) is 0 Å². The topological polar surface area (TPSA) is 121 Å². The highest BCUT2D eigenvalue weighted by atomic mass is 16.6. The van der Waals surface area contributed by atoms with Gasteiger partial charge in [0.1, 0.15) is 23.5 Å². The van der Waals surface area contributed by atoms with Crippen molar-refractivity contribution < 1.29 is 24.2 Å². The Morgan fingerprint density at radius 1 is 1.17 bits per heavy atom. The Bertz CT molecular complexity index is 914. The van der Waals surface area contributed by atoms with E-state index in [2.05, 4.69) is 22.8 Å². The van der Waals surface area contributed by atoms with E-state index in [0.717, 1.165) is 69.4 Å². The number of aliphatic carboxylic acids is 1. The molecule has 0 bridgehead atoms. The lowest BCUT2D eigenvalue weighted by molar-refractivity contribution is -0.142. The summed E-state index contributed by atoms with van der Waals surface area (Å²) in [4.78, 5) is 43.1. The second-order valence-corrected chi connectivity index (χ2v) is 10.9. The molecule has 3 heterocycles. The molecule has 0 radical (unpaired) electrons. The van der Waals surface area contributed by atoms with Crippen molar-refractivity contribution in [3.05, 3.63) is 23.4 Å². The molecule has 0 aromatic carbocycles. The van der Waals surface area contributed by atoms with Gasteiger partial charge in [-0.3, -0.25) is 9.69 Å². The molecule has 2 atom stereocenters. The van der Waals surface area contributed by atoms with E-state index in [0.29, 0.717) is 25.8 Å². The number of amides is 2. The van der Waals surface area contributed by atoms with E-state index in [4.69, 9.17) is 9.72 Å². The van der Waals surface area contributed by atoms with Gasteiger partial charge in [-0.1, -0.05) is 31.7 Å². The van der Waals surface area contributed by atoms with Gasteiger partial charge in [0, 0.05) is 18.8 Å². The summed E-state index contributed by atoms with van der Waals surface area (Å²) >= 11 is 0. The third-order valence-corrected chi connectivity index (χ3v) is 6.68. The SMILES string of the molecule is CC(C)(C)OC(=O)N1CCCC1C(=O)NC(CCCCCCCc1ccc2c(n1)NCCC2)C(=O)O. The van der Waals surface area contributed by atoms with Crippen LogP contribution in [0, 0.1) is 0 Å². The van der Waals surface area contributed by atoms with Crippen LogP contribution in [0.1, 0.15) is 89.8 Å². The maximum atomic E-state index is 12.8. The van der Waals surface area contributed by atoms with Gasteiger partial charge in [0.25, 0.3) is 0 Å². The summed E-state index contributed by atoms with van der Waals surface area (Å²) in [6, 6.07) is 2.67. The summed E-state index contributed by atoms with van der Waals surface area (Å²) in [6.07, 6.45) is 8.98. The number of unbranched alkanes of at least 4 members (excludes halogenated alkanes) is 4. The molecule has 2 aliphatic heterocycles. The summed E-state index contributed by atoms with van der Waals surface area (Å²) < 4.78 is 5.40. The molecule has 3 rings (SSSR count). The van der Waals surface area contributed by atoms with E-state index in [1.807, 2.05) is 0 Å². The Morgan fingerprint density at radius 2 is 1.92 bits per heavy atom. The molecule has 200 valence electrons. The summed E-state index contributed by atoms with van der Waals surface area (Å²) in [6.45, 7) is 6.75. The van der Waals surface area contributed by atoms with Crippen LogP contribution in [0.5, 0.6) is 0 Å². The van der Waals surface area contributed by atoms with Crippen molar-refractivity contribution in [3.63, 3.8) is 0 Å². The molecule has 3 N–H and O–H groups in total. The van der Waals surface area contributed by atoms with Gasteiger partial charge in [0.15, 0.2) is 0 Å². The minimum absolute atomic E-state index is 0.373. The van der Waals surface area contributed by atoms with Crippen molar-refractivity contribution in [3.8, 4) is 0 Å². The molecule has 1 aromatic rings. The van der Waals surface area contributed by atoms with E-state index in [9.17, 15) is 19.5 Å². The number of rotatable bonds is 11. The number of hydrogen-bond donors (Lipinski definition) is 3. The van der Waals surface area contributed by atoms with Crippen LogP contribution in [-0.2, 0) is 27.2 Å². The van der Waals surface area contributed by atoms with Crippen molar-refractivity contribution in [2.75, 3.05) is 18.4 Å². The number of fused-ring (bicyclic) bond motifs is 1. The van der Waals surface area contributed by atoms with Gasteiger partial charge < -0.3 is 20.5 Å². The lowest BCUT2D eigenvalue weighted by Gasteiger charge is -2.28. The first-order chi connectivity index (χ1) is 17.1. The second-order valence-electron chi connectivity index (χ2n) is 10.9. The summed E-state index contributed by atoms with van der Waals surface area (Å²) in [5, 5.41) is 15.6. The van der Waals surface area contributed by atoms with Crippen LogP contribution in [0.3, 0.4) is 0 Å². The number of nitrogens with zero attached hydrogens (tertiary/aromatic N) is 2. The summed E-state index contributed by atoms with van der Waals surface area (Å²) in [5.74, 6) is -0.428. The number of anilines is 1. The number of carbonyl (C=O) groups is 3. The van der Waals surface area contributed by atoms with Crippen molar-refractivity contribution in [1.82, 2.24) is 15.2 Å². The Morgan fingerprint density at radius 3 is 2.67 bits per heavy atom. The molecule has 9 heteroatoms. The molecular formula is C27H42N4O5. The highest BCUT2D eigenvalue weighted by Crippen LogP contribution is 2.22. The fraction of sp³-hybridized carbons (Fsp3) is 0.704. The second kappa shape index (κ2) is 12.9. The number of nitrogens with one attached hydrogen (secondary N) is 2. The zero-order valence-electron chi connectivity index (χ0n) is 22.0. The summed E-state index contributed by atoms with van der Waals surface area (Å²) in [7, 11) is 0. The number of aromatic nitrogens is 1. The van der Waals surface area contributed by atoms with Crippen LogP contribution in [0.4, 0.5) is 10.6 Å². The maximum Gasteiger partial charge on any atom is 0.410 e. The van der Waals surface area contributed by atoms with Crippen LogP contribution in [-0.4, -0.2) is 63.7 Å². The lowest BCUT2D eigenvalue weighted by Crippen LogP contribution is -2.51. The number of likely N-dealkylation sites (tertiary alicyclic amines) is 1. The minimum atomic E-state index is -1.04. The van der Waals surface area contributed by atoms with Crippen LogP contribution in [0.25, 0.3) is 0 Å². The van der Waals surface area contributed by atoms with E-state index in [1.165, 1.54) is 10.5 Å². The molecule has 2 aliphatic rings. The number of carboxylic acid groups (broad SMARTS) is 1. The first kappa shape index (κ1) is 27.7. The predicted octanol–water partition coefficient (Wildman–Crippen LogP) is 4.29. The largest absolute Gasteiger partial charge is 0.480 e. The lowest BCUT2D eigenvalue weighted by atomic mass is 10.0. The molecule has 0 saturated carbocycles. The van der Waals surface area contributed by atoms with Crippen LogP contribution < -0.4 is 10.6 Å². The van der Waals surface area contributed by atoms with Crippen LogP contribution >= 0.6 is 0 Å². The van der Waals surface area contributed by atoms with Crippen LogP contribution in [0.15, 0.2) is 12.1 Å². The molecule has 2 unspecified atom stereocenters. The first-order valence-corrected chi connectivity index (χ1v) is 13.4. The van der Waals surface area contributed by atoms with Crippen molar-refractivity contribution in [1.29, 1.82) is 0 Å². The molecule has 36 heavy (non-hydrogen) atoms. The fourth-order valence-corrected chi connectivity index (χ4v) is 4.80. The van der Waals surface area contributed by atoms with E-state index in [1.54, 1.807) is 20.8 Å². The number of carboxylic acids is 1. The van der Waals surface area contributed by atoms with Gasteiger partial charge >= 0.3 is 12.1 Å². The highest BCUT2D eigenvalue weighted by Gasteiger charge is 2.37. The van der Waals surface area contributed by atoms with Gasteiger partial charge in [0.05, 0.1) is 0 Å². The van der Waals surface area contributed by atoms with Gasteiger partial charge in [-0.15, -0.1) is 0 Å². The maximum absolute atomic E-state index is 12.8. The Labute approximate surface area is 214 Å². The van der Waals surface area contributed by atoms with Crippen LogP contribution in [0.2, 0.25) is 0 Å². The Kier molecular flexibility index (Phi) is 9.96. The number of pyridine rings is 1. The molecular weight excluding hydrogens is 460 g/mol. The Hall–Kier alpha value is -2.84. The monoisotopic (exact) mass is 502 g/mol. The molecule has 9 nitrogen and oxygen atoms in total. The van der Waals surface area contributed by atoms with Gasteiger partial charge in [-0.2, -0.15) is 0 Å². The molecule has 0 aliphatic carbocycles. The first-order valence-electron chi connectivity index (χ1n) is 13.4. The van der Waals surface area contributed by atoms with Gasteiger partial charge in [-0.05, 0) is 77.3 Å². The molecule has 2 amide bonds. The standard InChI is InChI=1S/C27H42N4O5/c1-27(2,3)36-26(35)31-18-10-14-22(31)24(32)30-21(25(33)34)13-8-6-4-5-7-12-20-16-15-19-11-9-17-28-23(19)29-20/h15-16,21-22H,4-14,17-18H2,1-3H3,(H,28,29)(H,30,32)(H,33,34). The van der Waals surface area contributed by atoms with Crippen molar-refractivity contribution in [2.45, 2.75) is 109 Å². The normalized spacial score (nSPS) is 18.2. The van der Waals surface area contributed by atoms with Gasteiger partial charge in [-0.25, -0.2) is 14.6 Å². The molecule has 0 spiro atoms. The average molecular weight is 503 g/mol. The predicted molar refractivity (Wildman–Crippen MR) is 138 cm³/mol. The third-order valence-electron chi connectivity index (χ3n) is 6.68. The van der Waals surface area contributed by atoms with E-state index >= 15 is 0 Å². The molecule has 1 fully saturated rings. The quantitative estimate of drug-likeness (QED) is 0.386. The Balaban J connectivity index is 1.35. The zero-order chi connectivity index (χ0) is 26.1. The van der Waals surface area contributed by atoms with Gasteiger partial charge in [0.2, 0.25) is 5.91 Å². The zero-order valence-corrected chi connectivity index (χ0v) is 22.0. The highest BCUT2D eigenvalue weighted by molar-refractivity contribution is 5.89. The minimum Gasteiger partial charge on any atom is -0.480 e. The smallest absolute Gasteiger partial charge is 0.410 e. The number of hydrogen-bond acceptors (Lipinski definition) is 6. The average Bonchev–Trinajstić information content (AvgIpc) is 3.32.